The summed E-state index contributed by atoms with van der Waals surface area (Å²) >= 11 is 0. The molecule has 0 N–H and O–H groups in total. The van der Waals surface area contributed by atoms with Gasteiger partial charge in [-0.25, -0.2) is 9.78 Å². The zero-order valence-electron chi connectivity index (χ0n) is 7.62. The fourth-order valence-corrected chi connectivity index (χ4v) is 0.946. The summed E-state index contributed by atoms with van der Waals surface area (Å²) in [5, 5.41) is 0. The number of carbonyl (C=O) groups is 1. The molecule has 1 heterocycles. The fourth-order valence-electron chi connectivity index (χ4n) is 0.946. The molecule has 0 saturated carbocycles. The number of nitrogens with zero attached hydrogens (tertiary/aromatic N) is 1. The molecular formula is C10H12NO2. The molecule has 1 aromatic heterocycles. The molecule has 0 amide bonds. The van der Waals surface area contributed by atoms with Gasteiger partial charge in [-0.1, -0.05) is 0 Å². The average molecular weight is 178 g/mol. The summed E-state index contributed by atoms with van der Waals surface area (Å²) in [6.07, 6.45) is 2.24. The van der Waals surface area contributed by atoms with E-state index in [1.54, 1.807) is 19.2 Å². The molecule has 13 heavy (non-hydrogen) atoms. The van der Waals surface area contributed by atoms with Crippen LogP contribution in [-0.4, -0.2) is 17.6 Å². The van der Waals surface area contributed by atoms with Crippen LogP contribution in [0.1, 0.15) is 23.0 Å². The fraction of sp³-hybridized carbons (Fsp3) is 0.300. The summed E-state index contributed by atoms with van der Waals surface area (Å²) in [6.45, 7) is 5.86. The Morgan fingerprint density at radius 3 is 3.08 bits per heavy atom. The van der Waals surface area contributed by atoms with E-state index in [0.29, 0.717) is 18.7 Å². The third kappa shape index (κ3) is 2.54. The monoisotopic (exact) mass is 178 g/mol. The lowest BCUT2D eigenvalue weighted by molar-refractivity contribution is 0.0519. The van der Waals surface area contributed by atoms with E-state index in [-0.39, 0.29) is 5.97 Å². The van der Waals surface area contributed by atoms with Gasteiger partial charge in [-0.2, -0.15) is 0 Å². The summed E-state index contributed by atoms with van der Waals surface area (Å²) < 4.78 is 4.81. The predicted octanol–water partition coefficient (Wildman–Crippen LogP) is 1.63. The third-order valence-electron chi connectivity index (χ3n) is 1.60. The second kappa shape index (κ2) is 4.60. The number of esters is 1. The molecule has 1 radical (unpaired) electrons. The molecule has 1 rings (SSSR count). The van der Waals surface area contributed by atoms with Crippen LogP contribution in [0, 0.1) is 6.92 Å². The van der Waals surface area contributed by atoms with E-state index in [1.807, 2.05) is 6.07 Å². The number of rotatable bonds is 3. The van der Waals surface area contributed by atoms with Gasteiger partial charge in [0.2, 0.25) is 0 Å². The highest BCUT2D eigenvalue weighted by molar-refractivity contribution is 5.87. The maximum absolute atomic E-state index is 11.2. The van der Waals surface area contributed by atoms with E-state index in [4.69, 9.17) is 4.74 Å². The molecule has 0 fully saturated rings. The highest BCUT2D eigenvalue weighted by Gasteiger charge is 2.07. The number of hydrogen-bond acceptors (Lipinski definition) is 3. The molecule has 0 saturated heterocycles. The smallest absolute Gasteiger partial charge is 0.356 e. The van der Waals surface area contributed by atoms with Gasteiger partial charge in [0, 0.05) is 6.20 Å². The highest BCUT2D eigenvalue weighted by Crippen LogP contribution is 2.03. The van der Waals surface area contributed by atoms with Crippen LogP contribution >= 0.6 is 0 Å². The molecular weight excluding hydrogens is 166 g/mol. The molecule has 0 unspecified atom stereocenters. The van der Waals surface area contributed by atoms with E-state index in [2.05, 4.69) is 11.9 Å². The molecule has 0 aromatic carbocycles. The molecule has 0 aliphatic heterocycles. The van der Waals surface area contributed by atoms with Crippen molar-refractivity contribution in [1.82, 2.24) is 4.98 Å². The minimum atomic E-state index is -0.377. The quantitative estimate of drug-likeness (QED) is 0.660. The van der Waals surface area contributed by atoms with Crippen molar-refractivity contribution in [1.29, 1.82) is 0 Å². The molecule has 0 aliphatic rings. The molecule has 1 aromatic rings. The first kappa shape index (κ1) is 9.71. The van der Waals surface area contributed by atoms with Gasteiger partial charge >= 0.3 is 5.97 Å². The van der Waals surface area contributed by atoms with Crippen molar-refractivity contribution >= 4 is 5.97 Å². The van der Waals surface area contributed by atoms with Crippen molar-refractivity contribution in [2.75, 3.05) is 6.61 Å². The lowest BCUT2D eigenvalue weighted by atomic mass is 10.2. The largest absolute Gasteiger partial charge is 0.461 e. The van der Waals surface area contributed by atoms with Crippen LogP contribution < -0.4 is 0 Å². The van der Waals surface area contributed by atoms with Gasteiger partial charge in [-0.3, -0.25) is 0 Å². The van der Waals surface area contributed by atoms with Crippen LogP contribution in [0.4, 0.5) is 0 Å². The number of carbonyl (C=O) groups excluding carboxylic acids is 1. The molecule has 3 nitrogen and oxygen atoms in total. The van der Waals surface area contributed by atoms with Crippen molar-refractivity contribution in [3.8, 4) is 0 Å². The summed E-state index contributed by atoms with van der Waals surface area (Å²) in [6, 6.07) is 3.53. The van der Waals surface area contributed by atoms with Crippen LogP contribution in [0.2, 0.25) is 0 Å². The van der Waals surface area contributed by atoms with Crippen LogP contribution in [0.5, 0.6) is 0 Å². The molecule has 0 bridgehead atoms. The van der Waals surface area contributed by atoms with Crippen molar-refractivity contribution in [2.45, 2.75) is 13.3 Å². The first-order valence-corrected chi connectivity index (χ1v) is 4.19. The Morgan fingerprint density at radius 1 is 1.69 bits per heavy atom. The second-order valence-corrected chi connectivity index (χ2v) is 2.52. The molecule has 0 aliphatic carbocycles. The summed E-state index contributed by atoms with van der Waals surface area (Å²) in [4.78, 5) is 15.1. The van der Waals surface area contributed by atoms with Gasteiger partial charge in [0.25, 0.3) is 0 Å². The minimum Gasteiger partial charge on any atom is -0.461 e. The van der Waals surface area contributed by atoms with E-state index < -0.39 is 0 Å². The van der Waals surface area contributed by atoms with Crippen LogP contribution in [-0.2, 0) is 11.2 Å². The highest BCUT2D eigenvalue weighted by atomic mass is 16.5. The summed E-state index contributed by atoms with van der Waals surface area (Å²) in [5.74, 6) is -0.377. The van der Waals surface area contributed by atoms with Crippen molar-refractivity contribution < 1.29 is 9.53 Å². The number of ether oxygens (including phenoxy) is 1. The van der Waals surface area contributed by atoms with E-state index in [9.17, 15) is 4.79 Å². The average Bonchev–Trinajstić information content (AvgIpc) is 2.18. The standard InChI is InChI=1S/C10H12NO2/c1-3-8-5-6-11-9(7-8)10(12)13-4-2/h5-7H,1,3-4H2,2H3. The summed E-state index contributed by atoms with van der Waals surface area (Å²) in [7, 11) is 0. The maximum atomic E-state index is 11.2. The molecule has 3 heteroatoms. The van der Waals surface area contributed by atoms with Gasteiger partial charge in [0.1, 0.15) is 5.69 Å². The predicted molar refractivity (Wildman–Crippen MR) is 49.3 cm³/mol. The number of hydrogen-bond donors (Lipinski definition) is 0. The zero-order chi connectivity index (χ0) is 9.68. The lowest BCUT2D eigenvalue weighted by Gasteiger charge is -2.01. The topological polar surface area (TPSA) is 39.2 Å². The molecule has 0 spiro atoms. The maximum Gasteiger partial charge on any atom is 0.356 e. The Bertz CT molecular complexity index is 297. The first-order chi connectivity index (χ1) is 6.27. The van der Waals surface area contributed by atoms with Crippen LogP contribution in [0.25, 0.3) is 0 Å². The minimum absolute atomic E-state index is 0.350. The van der Waals surface area contributed by atoms with Crippen LogP contribution in [0.3, 0.4) is 0 Å². The van der Waals surface area contributed by atoms with Gasteiger partial charge < -0.3 is 4.74 Å². The van der Waals surface area contributed by atoms with Crippen LogP contribution in [0.15, 0.2) is 18.3 Å². The van der Waals surface area contributed by atoms with Gasteiger partial charge in [0.15, 0.2) is 0 Å². The Morgan fingerprint density at radius 2 is 2.46 bits per heavy atom. The molecule has 0 atom stereocenters. The first-order valence-electron chi connectivity index (χ1n) is 4.19. The normalized spacial score (nSPS) is 9.69. The Kier molecular flexibility index (Phi) is 3.43. The number of aromatic nitrogens is 1. The van der Waals surface area contributed by atoms with E-state index in [0.717, 1.165) is 5.56 Å². The van der Waals surface area contributed by atoms with Crippen molar-refractivity contribution in [2.24, 2.45) is 0 Å². The SMILES string of the molecule is [CH2]Cc1ccnc(C(=O)OCC)c1. The lowest BCUT2D eigenvalue weighted by Crippen LogP contribution is -2.07. The summed E-state index contributed by atoms with van der Waals surface area (Å²) in [5.41, 5.74) is 1.33. The Hall–Kier alpha value is -1.38. The van der Waals surface area contributed by atoms with Gasteiger partial charge in [-0.15, -0.1) is 0 Å². The van der Waals surface area contributed by atoms with Crippen molar-refractivity contribution in [3.63, 3.8) is 0 Å². The van der Waals surface area contributed by atoms with Gasteiger partial charge in [0.05, 0.1) is 6.61 Å². The van der Waals surface area contributed by atoms with Gasteiger partial charge in [-0.05, 0) is 38.0 Å². The van der Waals surface area contributed by atoms with E-state index >= 15 is 0 Å². The van der Waals surface area contributed by atoms with Crippen molar-refractivity contribution in [3.05, 3.63) is 36.5 Å². The zero-order valence-corrected chi connectivity index (χ0v) is 7.62. The number of pyridine rings is 1. The van der Waals surface area contributed by atoms with E-state index in [1.165, 1.54) is 0 Å². The Balaban J connectivity index is 2.82. The molecule has 69 valence electrons. The third-order valence-corrected chi connectivity index (χ3v) is 1.60. The Labute approximate surface area is 77.8 Å². The second-order valence-electron chi connectivity index (χ2n) is 2.52.